The van der Waals surface area contributed by atoms with E-state index in [0.29, 0.717) is 0 Å². The molecule has 0 aromatic rings. The SMILES string of the molecule is CC1CN2CC23CC[C@@H]13. The summed E-state index contributed by atoms with van der Waals surface area (Å²) >= 11 is 0. The van der Waals surface area contributed by atoms with E-state index in [9.17, 15) is 0 Å². The van der Waals surface area contributed by atoms with E-state index in [-0.39, 0.29) is 0 Å². The van der Waals surface area contributed by atoms with Gasteiger partial charge in [0, 0.05) is 18.6 Å². The molecule has 0 N–H and O–H groups in total. The Kier molecular flexibility index (Phi) is 0.563. The zero-order valence-electron chi connectivity index (χ0n) is 5.93. The second-order valence-electron chi connectivity index (χ2n) is 4.11. The van der Waals surface area contributed by atoms with Crippen LogP contribution in [0.5, 0.6) is 0 Å². The standard InChI is InChI=1S/C8H13N/c1-6-4-9-5-8(9)3-2-7(6)8/h6-7H,2-5H2,1H3/t6?,7-,8?,9?/m0/s1. The maximum Gasteiger partial charge on any atom is 0.0368 e. The highest BCUT2D eigenvalue weighted by Crippen LogP contribution is 2.61. The van der Waals surface area contributed by atoms with Gasteiger partial charge in [0.2, 0.25) is 0 Å². The molecule has 0 radical (unpaired) electrons. The van der Waals surface area contributed by atoms with E-state index in [1.165, 1.54) is 25.9 Å². The van der Waals surface area contributed by atoms with E-state index in [0.717, 1.165) is 17.4 Å². The van der Waals surface area contributed by atoms with Crippen molar-refractivity contribution in [3.8, 4) is 0 Å². The number of hydrogen-bond donors (Lipinski definition) is 0. The third kappa shape index (κ3) is 0.337. The van der Waals surface area contributed by atoms with Gasteiger partial charge in [-0.1, -0.05) is 6.92 Å². The summed E-state index contributed by atoms with van der Waals surface area (Å²) in [6.07, 6.45) is 3.04. The van der Waals surface area contributed by atoms with Crippen LogP contribution in [0.3, 0.4) is 0 Å². The van der Waals surface area contributed by atoms with Crippen molar-refractivity contribution in [2.75, 3.05) is 13.1 Å². The molecule has 1 aliphatic carbocycles. The monoisotopic (exact) mass is 123 g/mol. The lowest BCUT2D eigenvalue weighted by molar-refractivity contribution is 0.193. The summed E-state index contributed by atoms with van der Waals surface area (Å²) in [6.45, 7) is 5.27. The van der Waals surface area contributed by atoms with Crippen LogP contribution in [0.25, 0.3) is 0 Å². The van der Waals surface area contributed by atoms with Crippen molar-refractivity contribution in [1.29, 1.82) is 0 Å². The molecular weight excluding hydrogens is 110 g/mol. The average molecular weight is 123 g/mol. The van der Waals surface area contributed by atoms with Gasteiger partial charge in [-0.2, -0.15) is 0 Å². The lowest BCUT2D eigenvalue weighted by Crippen LogP contribution is -2.36. The highest BCUT2D eigenvalue weighted by Gasteiger charge is 2.68. The van der Waals surface area contributed by atoms with Crippen LogP contribution in [0.4, 0.5) is 0 Å². The summed E-state index contributed by atoms with van der Waals surface area (Å²) in [6, 6.07) is 0. The Balaban J connectivity index is 1.97. The lowest BCUT2D eigenvalue weighted by atomic mass is 9.69. The molecule has 3 rings (SSSR count). The Morgan fingerprint density at radius 2 is 2.44 bits per heavy atom. The Labute approximate surface area is 56.0 Å². The van der Waals surface area contributed by atoms with Crippen molar-refractivity contribution in [3.05, 3.63) is 0 Å². The van der Waals surface area contributed by atoms with Gasteiger partial charge in [0.25, 0.3) is 0 Å². The molecular formula is C8H13N. The highest BCUT2D eigenvalue weighted by atomic mass is 15.4. The summed E-state index contributed by atoms with van der Waals surface area (Å²) in [7, 11) is 0. The summed E-state index contributed by atoms with van der Waals surface area (Å²) in [5.74, 6) is 2.13. The van der Waals surface area contributed by atoms with E-state index in [2.05, 4.69) is 11.8 Å². The van der Waals surface area contributed by atoms with Crippen molar-refractivity contribution in [1.82, 2.24) is 4.90 Å². The van der Waals surface area contributed by atoms with Crippen LogP contribution in [0.15, 0.2) is 0 Å². The van der Waals surface area contributed by atoms with Crippen LogP contribution in [-0.4, -0.2) is 23.5 Å². The number of rotatable bonds is 0. The largest absolute Gasteiger partial charge is 0.294 e. The number of piperidine rings is 1. The molecule has 1 spiro atoms. The fourth-order valence-electron chi connectivity index (χ4n) is 3.06. The average Bonchev–Trinajstić information content (AvgIpc) is 2.35. The van der Waals surface area contributed by atoms with Crippen LogP contribution < -0.4 is 0 Å². The lowest BCUT2D eigenvalue weighted by Gasteiger charge is -2.35. The minimum atomic E-state index is 0.805. The maximum atomic E-state index is 2.67. The molecule has 2 heterocycles. The molecule has 0 aromatic heterocycles. The molecule has 0 amide bonds. The molecule has 1 saturated carbocycles. The maximum absolute atomic E-state index is 2.67. The molecule has 3 aliphatic rings. The minimum absolute atomic E-state index is 0.805. The molecule has 50 valence electrons. The predicted molar refractivity (Wildman–Crippen MR) is 36.2 cm³/mol. The molecule has 3 unspecified atom stereocenters. The van der Waals surface area contributed by atoms with E-state index in [1.54, 1.807) is 0 Å². The Morgan fingerprint density at radius 3 is 2.78 bits per heavy atom. The van der Waals surface area contributed by atoms with Gasteiger partial charge in [0.15, 0.2) is 0 Å². The van der Waals surface area contributed by atoms with Crippen molar-refractivity contribution < 1.29 is 0 Å². The summed E-state index contributed by atoms with van der Waals surface area (Å²) in [5, 5.41) is 0. The second-order valence-corrected chi connectivity index (χ2v) is 4.11. The molecule has 0 aromatic carbocycles. The summed E-state index contributed by atoms with van der Waals surface area (Å²) < 4.78 is 0. The van der Waals surface area contributed by atoms with E-state index >= 15 is 0 Å². The van der Waals surface area contributed by atoms with Gasteiger partial charge in [-0.15, -0.1) is 0 Å². The highest BCUT2D eigenvalue weighted by molar-refractivity contribution is 5.23. The van der Waals surface area contributed by atoms with Crippen LogP contribution in [0, 0.1) is 11.8 Å². The van der Waals surface area contributed by atoms with Gasteiger partial charge in [-0.05, 0) is 24.7 Å². The van der Waals surface area contributed by atoms with Gasteiger partial charge in [-0.3, -0.25) is 4.90 Å². The van der Waals surface area contributed by atoms with Crippen LogP contribution >= 0.6 is 0 Å². The van der Waals surface area contributed by atoms with Crippen molar-refractivity contribution >= 4 is 0 Å². The van der Waals surface area contributed by atoms with Crippen LogP contribution in [-0.2, 0) is 0 Å². The van der Waals surface area contributed by atoms with Gasteiger partial charge < -0.3 is 0 Å². The third-order valence-electron chi connectivity index (χ3n) is 3.76. The normalized spacial score (nSPS) is 68.3. The van der Waals surface area contributed by atoms with E-state index < -0.39 is 0 Å². The Hall–Kier alpha value is -0.0400. The van der Waals surface area contributed by atoms with E-state index in [1.807, 2.05) is 0 Å². The van der Waals surface area contributed by atoms with Crippen LogP contribution in [0.1, 0.15) is 19.8 Å². The van der Waals surface area contributed by atoms with Crippen molar-refractivity contribution in [2.24, 2.45) is 11.8 Å². The van der Waals surface area contributed by atoms with E-state index in [4.69, 9.17) is 0 Å². The van der Waals surface area contributed by atoms with Gasteiger partial charge in [0.05, 0.1) is 0 Å². The second kappa shape index (κ2) is 1.07. The molecule has 9 heavy (non-hydrogen) atoms. The van der Waals surface area contributed by atoms with Crippen molar-refractivity contribution in [2.45, 2.75) is 25.3 Å². The molecule has 1 nitrogen and oxygen atoms in total. The molecule has 0 bridgehead atoms. The fourth-order valence-corrected chi connectivity index (χ4v) is 3.06. The molecule has 4 atom stereocenters. The smallest absolute Gasteiger partial charge is 0.0368 e. The Bertz CT molecular complexity index is 162. The first kappa shape index (κ1) is 4.73. The number of nitrogens with zero attached hydrogens (tertiary/aromatic N) is 1. The topological polar surface area (TPSA) is 3.01 Å². The quantitative estimate of drug-likeness (QED) is 0.436. The first-order chi connectivity index (χ1) is 4.33. The molecule has 1 heteroatoms. The summed E-state index contributed by atoms with van der Waals surface area (Å²) in [5.41, 5.74) is 0.805. The first-order valence-corrected chi connectivity index (χ1v) is 4.08. The van der Waals surface area contributed by atoms with Gasteiger partial charge in [0.1, 0.15) is 0 Å². The van der Waals surface area contributed by atoms with Gasteiger partial charge >= 0.3 is 0 Å². The fraction of sp³-hybridized carbons (Fsp3) is 1.00. The predicted octanol–water partition coefficient (Wildman–Crippen LogP) is 1.10. The molecule has 2 aliphatic heterocycles. The van der Waals surface area contributed by atoms with Crippen molar-refractivity contribution in [3.63, 3.8) is 0 Å². The molecule has 3 fully saturated rings. The third-order valence-corrected chi connectivity index (χ3v) is 3.76. The minimum Gasteiger partial charge on any atom is -0.294 e. The Morgan fingerprint density at radius 1 is 1.56 bits per heavy atom. The first-order valence-electron chi connectivity index (χ1n) is 4.08. The summed E-state index contributed by atoms with van der Waals surface area (Å²) in [4.78, 5) is 2.67. The van der Waals surface area contributed by atoms with Crippen LogP contribution in [0.2, 0.25) is 0 Å². The molecule has 2 saturated heterocycles. The number of hydrogen-bond acceptors (Lipinski definition) is 1. The van der Waals surface area contributed by atoms with Gasteiger partial charge in [-0.25, -0.2) is 0 Å². The zero-order chi connectivity index (χ0) is 6.06. The zero-order valence-corrected chi connectivity index (χ0v) is 5.93.